The molecule has 2 fully saturated rings. The number of ether oxygens (including phenoxy) is 4. The Balaban J connectivity index is 1.29. The molecule has 2 saturated heterocycles. The minimum atomic E-state index is -3.71. The molecule has 3 heterocycles. The third-order valence-electron chi connectivity index (χ3n) is 5.64. The van der Waals surface area contributed by atoms with Crippen molar-refractivity contribution in [2.24, 2.45) is 5.92 Å². The summed E-state index contributed by atoms with van der Waals surface area (Å²) in [7, 11) is -3.71. The Morgan fingerprint density at radius 2 is 1.65 bits per heavy atom. The molecule has 1 amide bonds. The summed E-state index contributed by atoms with van der Waals surface area (Å²) in [5.41, 5.74) is 0. The lowest BCUT2D eigenvalue weighted by Crippen LogP contribution is -2.44. The largest absolute Gasteiger partial charge is 0.486 e. The van der Waals surface area contributed by atoms with Crippen LogP contribution in [0.4, 0.5) is 0 Å². The van der Waals surface area contributed by atoms with Crippen LogP contribution >= 0.6 is 0 Å². The van der Waals surface area contributed by atoms with Gasteiger partial charge in [0.15, 0.2) is 18.1 Å². The van der Waals surface area contributed by atoms with Gasteiger partial charge in [-0.2, -0.15) is 4.31 Å². The lowest BCUT2D eigenvalue weighted by atomic mass is 9.98. The number of carbonyl (C=O) groups is 2. The lowest BCUT2D eigenvalue weighted by Gasteiger charge is -2.31. The average molecular weight is 455 g/mol. The third-order valence-corrected chi connectivity index (χ3v) is 7.54. The minimum absolute atomic E-state index is 0.133. The number of amides is 1. The van der Waals surface area contributed by atoms with Gasteiger partial charge in [0, 0.05) is 32.2 Å². The molecule has 1 aromatic rings. The van der Waals surface area contributed by atoms with Gasteiger partial charge in [0.05, 0.1) is 24.0 Å². The lowest BCUT2D eigenvalue weighted by molar-refractivity contribution is -0.157. The van der Waals surface area contributed by atoms with E-state index in [1.807, 2.05) is 0 Å². The van der Waals surface area contributed by atoms with E-state index in [4.69, 9.17) is 18.9 Å². The van der Waals surface area contributed by atoms with E-state index in [1.165, 1.54) is 16.4 Å². The molecule has 3 aliphatic heterocycles. The number of morpholine rings is 1. The fourth-order valence-corrected chi connectivity index (χ4v) is 5.31. The molecular formula is C20H26N2O8S. The SMILES string of the molecule is O=C(OCC(=O)N1CCOCC1)C1CCN(S(=O)(=O)c2ccc3c(c2)OCCO3)CC1. The summed E-state index contributed by atoms with van der Waals surface area (Å²) in [6, 6.07) is 4.57. The van der Waals surface area contributed by atoms with Crippen molar-refractivity contribution >= 4 is 21.9 Å². The molecule has 11 heteroatoms. The second-order valence-corrected chi connectivity index (χ2v) is 9.52. The van der Waals surface area contributed by atoms with Crippen molar-refractivity contribution < 1.29 is 37.0 Å². The molecule has 0 unspecified atom stereocenters. The van der Waals surface area contributed by atoms with Crippen molar-refractivity contribution in [2.75, 3.05) is 59.2 Å². The Kier molecular flexibility index (Phi) is 6.63. The number of carbonyl (C=O) groups excluding carboxylic acids is 2. The van der Waals surface area contributed by atoms with Crippen LogP contribution in [0.1, 0.15) is 12.8 Å². The topological polar surface area (TPSA) is 112 Å². The Bertz CT molecular complexity index is 921. The van der Waals surface area contributed by atoms with Gasteiger partial charge in [-0.05, 0) is 25.0 Å². The van der Waals surface area contributed by atoms with Crippen molar-refractivity contribution in [2.45, 2.75) is 17.7 Å². The zero-order valence-electron chi connectivity index (χ0n) is 17.2. The summed E-state index contributed by atoms with van der Waals surface area (Å²) in [6.07, 6.45) is 0.683. The minimum Gasteiger partial charge on any atom is -0.486 e. The van der Waals surface area contributed by atoms with E-state index in [2.05, 4.69) is 0 Å². The Hall–Kier alpha value is -2.37. The molecule has 0 bridgehead atoms. The van der Waals surface area contributed by atoms with Crippen LogP contribution in [0, 0.1) is 5.92 Å². The van der Waals surface area contributed by atoms with Crippen LogP contribution < -0.4 is 9.47 Å². The molecule has 0 saturated carbocycles. The molecule has 170 valence electrons. The van der Waals surface area contributed by atoms with Crippen molar-refractivity contribution in [3.63, 3.8) is 0 Å². The van der Waals surface area contributed by atoms with E-state index >= 15 is 0 Å². The maximum Gasteiger partial charge on any atom is 0.309 e. The number of rotatable bonds is 5. The fourth-order valence-electron chi connectivity index (χ4n) is 3.82. The summed E-state index contributed by atoms with van der Waals surface area (Å²) in [5.74, 6) is -0.188. The van der Waals surface area contributed by atoms with E-state index in [0.717, 1.165) is 0 Å². The molecule has 1 aromatic carbocycles. The van der Waals surface area contributed by atoms with Gasteiger partial charge in [-0.3, -0.25) is 9.59 Å². The normalized spacial score (nSPS) is 20.3. The molecular weight excluding hydrogens is 428 g/mol. The second kappa shape index (κ2) is 9.41. The molecule has 0 aliphatic carbocycles. The van der Waals surface area contributed by atoms with Crippen LogP contribution in [0.15, 0.2) is 23.1 Å². The predicted octanol–water partition coefficient (Wildman–Crippen LogP) is 0.261. The first kappa shape index (κ1) is 21.8. The Morgan fingerprint density at radius 1 is 0.968 bits per heavy atom. The number of benzene rings is 1. The summed E-state index contributed by atoms with van der Waals surface area (Å²) in [4.78, 5) is 26.2. The van der Waals surface area contributed by atoms with E-state index in [9.17, 15) is 18.0 Å². The Labute approximate surface area is 181 Å². The highest BCUT2D eigenvalue weighted by atomic mass is 32.2. The van der Waals surface area contributed by atoms with E-state index in [-0.39, 0.29) is 30.5 Å². The quantitative estimate of drug-likeness (QED) is 0.583. The molecule has 10 nitrogen and oxygen atoms in total. The van der Waals surface area contributed by atoms with Gasteiger partial charge >= 0.3 is 5.97 Å². The molecule has 0 N–H and O–H groups in total. The molecule has 4 rings (SSSR count). The zero-order valence-corrected chi connectivity index (χ0v) is 18.0. The summed E-state index contributed by atoms with van der Waals surface area (Å²) < 4.78 is 48.7. The van der Waals surface area contributed by atoms with Crippen LogP contribution in [0.5, 0.6) is 11.5 Å². The summed E-state index contributed by atoms with van der Waals surface area (Å²) in [6.45, 7) is 2.86. The van der Waals surface area contributed by atoms with Gasteiger partial charge in [0.25, 0.3) is 5.91 Å². The van der Waals surface area contributed by atoms with Gasteiger partial charge in [-0.1, -0.05) is 0 Å². The maximum absolute atomic E-state index is 13.0. The van der Waals surface area contributed by atoms with E-state index in [0.29, 0.717) is 63.9 Å². The highest BCUT2D eigenvalue weighted by Gasteiger charge is 2.34. The second-order valence-electron chi connectivity index (χ2n) is 7.58. The summed E-state index contributed by atoms with van der Waals surface area (Å²) in [5, 5.41) is 0. The van der Waals surface area contributed by atoms with Crippen LogP contribution in [0.2, 0.25) is 0 Å². The van der Waals surface area contributed by atoms with Crippen LogP contribution in [-0.4, -0.2) is 88.7 Å². The molecule has 0 spiro atoms. The standard InChI is InChI=1S/C20H26N2O8S/c23-19(21-7-9-27-10-8-21)14-30-20(24)15-3-5-22(6-4-15)31(25,26)16-1-2-17-18(13-16)29-12-11-28-17/h1-2,13,15H,3-12,14H2. The fraction of sp³-hybridized carbons (Fsp3) is 0.600. The van der Waals surface area contributed by atoms with Crippen molar-refractivity contribution in [3.8, 4) is 11.5 Å². The van der Waals surface area contributed by atoms with Gasteiger partial charge in [0.2, 0.25) is 10.0 Å². The first-order chi connectivity index (χ1) is 14.9. The van der Waals surface area contributed by atoms with Crippen LogP contribution in [-0.2, 0) is 29.1 Å². The number of fused-ring (bicyclic) bond motifs is 1. The molecule has 3 aliphatic rings. The monoisotopic (exact) mass is 454 g/mol. The molecule has 0 radical (unpaired) electrons. The van der Waals surface area contributed by atoms with Gasteiger partial charge in [-0.15, -0.1) is 0 Å². The molecule has 31 heavy (non-hydrogen) atoms. The van der Waals surface area contributed by atoms with Crippen molar-refractivity contribution in [1.29, 1.82) is 0 Å². The first-order valence-electron chi connectivity index (χ1n) is 10.4. The van der Waals surface area contributed by atoms with Crippen molar-refractivity contribution in [3.05, 3.63) is 18.2 Å². The van der Waals surface area contributed by atoms with Gasteiger partial charge in [0.1, 0.15) is 13.2 Å². The third kappa shape index (κ3) is 4.94. The summed E-state index contributed by atoms with van der Waals surface area (Å²) >= 11 is 0. The molecule has 0 atom stereocenters. The predicted molar refractivity (Wildman–Crippen MR) is 107 cm³/mol. The highest BCUT2D eigenvalue weighted by Crippen LogP contribution is 2.34. The van der Waals surface area contributed by atoms with E-state index < -0.39 is 21.9 Å². The van der Waals surface area contributed by atoms with Gasteiger partial charge < -0.3 is 23.8 Å². The smallest absolute Gasteiger partial charge is 0.309 e. The number of hydrogen-bond donors (Lipinski definition) is 0. The zero-order chi connectivity index (χ0) is 21.8. The first-order valence-corrected chi connectivity index (χ1v) is 11.8. The number of nitrogens with zero attached hydrogens (tertiary/aromatic N) is 2. The number of esters is 1. The number of sulfonamides is 1. The van der Waals surface area contributed by atoms with Crippen LogP contribution in [0.3, 0.4) is 0 Å². The number of piperidine rings is 1. The molecule has 0 aromatic heterocycles. The highest BCUT2D eigenvalue weighted by molar-refractivity contribution is 7.89. The number of hydrogen-bond acceptors (Lipinski definition) is 8. The maximum atomic E-state index is 13.0. The van der Waals surface area contributed by atoms with Gasteiger partial charge in [-0.25, -0.2) is 8.42 Å². The Morgan fingerprint density at radius 3 is 2.35 bits per heavy atom. The van der Waals surface area contributed by atoms with Crippen LogP contribution in [0.25, 0.3) is 0 Å². The van der Waals surface area contributed by atoms with Crippen molar-refractivity contribution in [1.82, 2.24) is 9.21 Å². The van der Waals surface area contributed by atoms with E-state index in [1.54, 1.807) is 11.0 Å². The average Bonchev–Trinajstić information content (AvgIpc) is 2.82.